The number of fused-ring (bicyclic) bond motifs is 14. The van der Waals surface area contributed by atoms with E-state index >= 15 is 0 Å². The number of carbonyl (C=O) groups excluding carboxylic acids is 4. The van der Waals surface area contributed by atoms with E-state index in [9.17, 15) is 39.6 Å². The first kappa shape index (κ1) is 52.5. The maximum absolute atomic E-state index is 14.7. The highest BCUT2D eigenvalue weighted by Crippen LogP contribution is 2.54. The maximum Gasteiger partial charge on any atom is 0.312 e. The Kier molecular flexibility index (Phi) is 18.4. The number of phenols is 2. The lowest BCUT2D eigenvalue weighted by Crippen LogP contribution is -2.49. The highest BCUT2D eigenvalue weighted by atomic mass is 16.7. The number of allylic oxidation sites excluding steroid dienone is 2. The summed E-state index contributed by atoms with van der Waals surface area (Å²) in [6.07, 6.45) is 7.23. The summed E-state index contributed by atoms with van der Waals surface area (Å²) in [4.78, 5) is 54.8. The fourth-order valence-corrected chi connectivity index (χ4v) is 8.53. The summed E-state index contributed by atoms with van der Waals surface area (Å²) in [5.41, 5.74) is -0.00224. The monoisotopic (exact) mass is 909 g/mol. The van der Waals surface area contributed by atoms with Crippen LogP contribution in [0.1, 0.15) is 111 Å². The van der Waals surface area contributed by atoms with E-state index in [-0.39, 0.29) is 50.6 Å². The van der Waals surface area contributed by atoms with Gasteiger partial charge in [0.1, 0.15) is 23.4 Å². The first-order valence-electron chi connectivity index (χ1n) is 22.7. The molecular weight excluding hydrogens is 839 g/mol. The maximum atomic E-state index is 14.7. The largest absolute Gasteiger partial charge is 0.507 e. The molecule has 2 amide bonds. The van der Waals surface area contributed by atoms with Crippen molar-refractivity contribution < 1.29 is 63.3 Å². The molecule has 0 spiro atoms. The summed E-state index contributed by atoms with van der Waals surface area (Å²) in [6.45, 7) is 19.8. The number of amides is 2. The van der Waals surface area contributed by atoms with Crippen molar-refractivity contribution in [2.24, 2.45) is 23.7 Å². The number of nitrogens with one attached hydrogen (secondary N) is 1. The van der Waals surface area contributed by atoms with Crippen molar-refractivity contribution in [2.45, 2.75) is 132 Å². The average Bonchev–Trinajstić information content (AvgIpc) is 3.54. The predicted octanol–water partition coefficient (Wildman–Crippen LogP) is 7.09. The molecule has 0 radical (unpaired) electrons. The second kappa shape index (κ2) is 22.8. The lowest BCUT2D eigenvalue weighted by molar-refractivity contribution is -0.160. The summed E-state index contributed by atoms with van der Waals surface area (Å²) in [6, 6.07) is 1.29. The molecule has 3 aliphatic rings. The van der Waals surface area contributed by atoms with Crippen molar-refractivity contribution in [3.63, 3.8) is 0 Å². The van der Waals surface area contributed by atoms with Crippen LogP contribution < -0.4 is 14.8 Å². The Hall–Kier alpha value is -5.16. The molecule has 0 fully saturated rings. The van der Waals surface area contributed by atoms with E-state index in [4.69, 9.17) is 23.7 Å². The van der Waals surface area contributed by atoms with E-state index in [0.29, 0.717) is 19.6 Å². The zero-order valence-corrected chi connectivity index (χ0v) is 40.1. The Bertz CT molecular complexity index is 2130. The molecule has 16 nitrogen and oxygen atoms in total. The number of ketones is 1. The summed E-state index contributed by atoms with van der Waals surface area (Å²) >= 11 is 0. The average molecular weight is 910 g/mol. The number of benzene rings is 2. The van der Waals surface area contributed by atoms with Crippen molar-refractivity contribution in [3.05, 3.63) is 53.3 Å². The molecular formula is C49H71N3O13. The number of unbranched alkanes of at least 4 members (excludes halogenated alkanes) is 2. The molecule has 0 aliphatic carbocycles. The fourth-order valence-electron chi connectivity index (χ4n) is 8.53. The molecule has 5 N–H and O–H groups in total. The standard InChI is InChI=1S/C49H71N3O13/c1-13-16-22-51(23-17-14-2)52(15-3)37(54)26-62-36-25-34-44(58)39-38(36)40-46(32(9)43(39)57)65-49(11,47(40)59)63-24-21-35(61-12)29(6)45(64-33(10)53)31(8)42(56)30(7)41(55)27(4)19-18-20-28(5)48(60)50-34/h18-21,24-25,27,29-31,35,41-42,45,55-58H,13-17,22-23,26H2,1-12H3,(H,50,60)/b19-18+,24-21+,28-20-/t27-,29+,30+,31+,35-,41-,42+,45+,49-/m0/s1. The number of aliphatic hydroxyl groups is 2. The van der Waals surface area contributed by atoms with Gasteiger partial charge < -0.3 is 49.4 Å². The zero-order valence-electron chi connectivity index (χ0n) is 40.1. The second-order valence-electron chi connectivity index (χ2n) is 17.5. The van der Waals surface area contributed by atoms with Crippen molar-refractivity contribution in [1.82, 2.24) is 10.0 Å². The van der Waals surface area contributed by atoms with E-state index < -0.39 is 89.6 Å². The highest BCUT2D eigenvalue weighted by Gasteiger charge is 2.50. The number of Topliss-reactive ketones (excluding diaryl/α,β-unsaturated/α-hetero) is 1. The van der Waals surface area contributed by atoms with Crippen LogP contribution in [0.2, 0.25) is 0 Å². The predicted molar refractivity (Wildman–Crippen MR) is 246 cm³/mol. The minimum atomic E-state index is -2.04. The molecule has 65 heavy (non-hydrogen) atoms. The van der Waals surface area contributed by atoms with Crippen molar-refractivity contribution >= 4 is 40.0 Å². The number of ether oxygens (including phenoxy) is 5. The van der Waals surface area contributed by atoms with Crippen LogP contribution in [0.4, 0.5) is 5.69 Å². The molecule has 0 aromatic heterocycles. The second-order valence-corrected chi connectivity index (χ2v) is 17.5. The Morgan fingerprint density at radius 1 is 0.908 bits per heavy atom. The van der Waals surface area contributed by atoms with Gasteiger partial charge in [-0.25, -0.2) is 5.01 Å². The molecule has 0 saturated heterocycles. The van der Waals surface area contributed by atoms with Gasteiger partial charge in [0.05, 0.1) is 41.2 Å². The molecule has 0 saturated carbocycles. The van der Waals surface area contributed by atoms with E-state index in [0.717, 1.165) is 25.7 Å². The van der Waals surface area contributed by atoms with Crippen LogP contribution in [-0.4, -0.2) is 118 Å². The van der Waals surface area contributed by atoms with E-state index in [1.54, 1.807) is 51.8 Å². The number of likely N-dealkylation sites (N-methyl/N-ethyl adjacent to an activating group) is 1. The number of hydrogen-bond acceptors (Lipinski definition) is 14. The zero-order chi connectivity index (χ0) is 48.5. The minimum Gasteiger partial charge on any atom is -0.507 e. The Morgan fingerprint density at radius 3 is 2.14 bits per heavy atom. The third-order valence-corrected chi connectivity index (χ3v) is 12.6. The van der Waals surface area contributed by atoms with Crippen molar-refractivity contribution in [2.75, 3.05) is 38.7 Å². The fraction of sp³-hybridized carbons (Fsp3) is 0.592. The van der Waals surface area contributed by atoms with Crippen LogP contribution in [0.25, 0.3) is 10.8 Å². The van der Waals surface area contributed by atoms with Gasteiger partial charge in [-0.15, -0.1) is 0 Å². The summed E-state index contributed by atoms with van der Waals surface area (Å²) in [5.74, 6) is -8.05. The van der Waals surface area contributed by atoms with Crippen LogP contribution in [0, 0.1) is 30.6 Å². The van der Waals surface area contributed by atoms with E-state index in [2.05, 4.69) is 19.2 Å². The molecule has 360 valence electrons. The first-order valence-corrected chi connectivity index (χ1v) is 22.7. The number of nitrogens with zero attached hydrogens (tertiary/aromatic N) is 2. The SMILES string of the molecule is CCCCN(CCCC)N(CC)C(=O)COc1cc2c(O)c3c(O)c(C)c4c(c13)C(=O)[C@@](C)(O/C=C/[C@H](OC)[C@@H](C)[C@@H](OC(C)=O)[C@H](C)[C@H](O)[C@H](C)[C@@H](O)[C@@H](C)/C=C/C=C(/C)C(=O)N2)O4. The number of esters is 1. The smallest absolute Gasteiger partial charge is 0.312 e. The first-order chi connectivity index (χ1) is 30.7. The van der Waals surface area contributed by atoms with Gasteiger partial charge in [-0.05, 0) is 39.7 Å². The van der Waals surface area contributed by atoms with Gasteiger partial charge in [0.25, 0.3) is 17.6 Å². The molecule has 9 atom stereocenters. The van der Waals surface area contributed by atoms with Gasteiger partial charge in [0.15, 0.2) is 12.4 Å². The topological polar surface area (TPSA) is 214 Å². The number of hydrogen-bond donors (Lipinski definition) is 5. The lowest BCUT2D eigenvalue weighted by Gasteiger charge is -2.38. The molecule has 3 heterocycles. The third kappa shape index (κ3) is 11.6. The quantitative estimate of drug-likeness (QED) is 0.0771. The van der Waals surface area contributed by atoms with Crippen LogP contribution in [0.15, 0.2) is 42.2 Å². The van der Waals surface area contributed by atoms with E-state index in [1.165, 1.54) is 52.4 Å². The summed E-state index contributed by atoms with van der Waals surface area (Å²) < 4.78 is 30.1. The summed E-state index contributed by atoms with van der Waals surface area (Å²) in [7, 11) is 1.44. The van der Waals surface area contributed by atoms with Crippen molar-refractivity contribution in [1.29, 1.82) is 0 Å². The molecule has 3 aliphatic heterocycles. The number of hydrazine groups is 1. The number of aliphatic hydroxyl groups excluding tert-OH is 2. The van der Waals surface area contributed by atoms with Crippen molar-refractivity contribution in [3.8, 4) is 23.0 Å². The van der Waals surface area contributed by atoms with Crippen LogP contribution in [-0.2, 0) is 28.6 Å². The molecule has 16 heteroatoms. The van der Waals surface area contributed by atoms with Gasteiger partial charge in [0, 0.05) is 86.9 Å². The number of phenolic OH excluding ortho intramolecular Hbond substituents is 2. The highest BCUT2D eigenvalue weighted by molar-refractivity contribution is 6.21. The third-order valence-electron chi connectivity index (χ3n) is 12.6. The van der Waals surface area contributed by atoms with E-state index in [1.807, 2.05) is 11.9 Å². The van der Waals surface area contributed by atoms with Gasteiger partial charge >= 0.3 is 11.8 Å². The Morgan fingerprint density at radius 2 is 1.55 bits per heavy atom. The molecule has 2 aromatic carbocycles. The van der Waals surface area contributed by atoms with Crippen LogP contribution in [0.3, 0.4) is 0 Å². The van der Waals surface area contributed by atoms with Crippen LogP contribution >= 0.6 is 0 Å². The molecule has 0 unspecified atom stereocenters. The molecule has 5 bridgehead atoms. The normalized spacial score (nSPS) is 28.3. The van der Waals surface area contributed by atoms with Gasteiger partial charge in [-0.3, -0.25) is 24.2 Å². The number of rotatable bonds is 13. The van der Waals surface area contributed by atoms with Gasteiger partial charge in [-0.1, -0.05) is 72.6 Å². The van der Waals surface area contributed by atoms with Gasteiger partial charge in [-0.2, -0.15) is 0 Å². The number of aromatic hydroxyl groups is 2. The lowest BCUT2D eigenvalue weighted by atomic mass is 9.78. The minimum absolute atomic E-state index is 0.0558. The van der Waals surface area contributed by atoms with Gasteiger partial charge in [0.2, 0.25) is 0 Å². The Balaban J connectivity index is 1.92. The van der Waals surface area contributed by atoms with Crippen LogP contribution in [0.5, 0.6) is 23.0 Å². The molecule has 5 rings (SSSR count). The summed E-state index contributed by atoms with van der Waals surface area (Å²) in [5, 5.41) is 52.6. The number of carbonyl (C=O) groups is 4. The number of anilines is 1. The Labute approximate surface area is 383 Å². The molecule has 2 aromatic rings. The number of methoxy groups -OCH3 is 1.